The maximum Gasteiger partial charge on any atom is 0.290 e. The molecule has 7 nitrogen and oxygen atoms in total. The second-order valence-corrected chi connectivity index (χ2v) is 6.44. The minimum atomic E-state index is -0.636. The van der Waals surface area contributed by atoms with E-state index in [9.17, 15) is 19.7 Å². The molecule has 0 aromatic heterocycles. The molecule has 1 amide bonds. The molecule has 1 atom stereocenters. The van der Waals surface area contributed by atoms with Gasteiger partial charge < -0.3 is 10.6 Å². The molecular formula is C12H12ClN3O4S. The van der Waals surface area contributed by atoms with Crippen LogP contribution < -0.4 is 10.6 Å². The van der Waals surface area contributed by atoms with Crippen molar-refractivity contribution in [2.24, 2.45) is 0 Å². The number of benzene rings is 1. The average Bonchev–Trinajstić information content (AvgIpc) is 2.71. The Balaban J connectivity index is 2.30. The second-order valence-electron chi connectivity index (χ2n) is 4.56. The number of nitrogens with two attached hydrogens (primary N) is 1. The van der Waals surface area contributed by atoms with Gasteiger partial charge in [-0.05, 0) is 6.07 Å². The van der Waals surface area contributed by atoms with Crippen molar-refractivity contribution in [3.63, 3.8) is 0 Å². The highest BCUT2D eigenvalue weighted by molar-refractivity contribution is 8.14. The number of thioether (sulfide) groups is 1. The van der Waals surface area contributed by atoms with E-state index >= 15 is 0 Å². The number of carbonyl (C=O) groups excluding carboxylic acids is 2. The van der Waals surface area contributed by atoms with Crippen LogP contribution in [0.5, 0.6) is 0 Å². The summed E-state index contributed by atoms with van der Waals surface area (Å²) in [5.74, 6) is -0.189. The van der Waals surface area contributed by atoms with Gasteiger partial charge in [-0.15, -0.1) is 0 Å². The van der Waals surface area contributed by atoms with Crippen LogP contribution in [0.3, 0.4) is 0 Å². The summed E-state index contributed by atoms with van der Waals surface area (Å²) in [4.78, 5) is 34.7. The second kappa shape index (κ2) is 5.90. The summed E-state index contributed by atoms with van der Waals surface area (Å²) in [7, 11) is 0. The van der Waals surface area contributed by atoms with Crippen LogP contribution >= 0.6 is 23.4 Å². The molecule has 2 rings (SSSR count). The van der Waals surface area contributed by atoms with Gasteiger partial charge in [-0.2, -0.15) is 0 Å². The lowest BCUT2D eigenvalue weighted by atomic mass is 10.2. The molecule has 1 heterocycles. The number of carbonyl (C=O) groups is 2. The van der Waals surface area contributed by atoms with E-state index in [4.69, 9.17) is 17.3 Å². The molecule has 2 N–H and O–H groups in total. The SMILES string of the molecule is CC(=O)SC1CC(=O)N(c2cc(Cl)c([N+](=O)[O-])cc2N)C1. The Kier molecular flexibility index (Phi) is 4.38. The molecule has 1 aromatic carbocycles. The Morgan fingerprint density at radius 1 is 1.57 bits per heavy atom. The van der Waals surface area contributed by atoms with E-state index in [1.54, 1.807) is 0 Å². The zero-order valence-electron chi connectivity index (χ0n) is 11.0. The molecule has 0 spiro atoms. The van der Waals surface area contributed by atoms with Gasteiger partial charge in [0.05, 0.1) is 16.3 Å². The number of nitro groups is 1. The zero-order chi connectivity index (χ0) is 15.7. The molecule has 21 heavy (non-hydrogen) atoms. The monoisotopic (exact) mass is 329 g/mol. The highest BCUT2D eigenvalue weighted by Crippen LogP contribution is 2.37. The third kappa shape index (κ3) is 3.27. The number of rotatable bonds is 3. The number of halogens is 1. The van der Waals surface area contributed by atoms with Gasteiger partial charge in [0.25, 0.3) is 5.69 Å². The summed E-state index contributed by atoms with van der Waals surface area (Å²) in [6.45, 7) is 1.76. The Hall–Kier alpha value is -1.80. The smallest absolute Gasteiger partial charge is 0.290 e. The van der Waals surface area contributed by atoms with Gasteiger partial charge in [0.1, 0.15) is 5.02 Å². The van der Waals surface area contributed by atoms with E-state index in [0.29, 0.717) is 12.2 Å². The highest BCUT2D eigenvalue weighted by atomic mass is 35.5. The lowest BCUT2D eigenvalue weighted by Crippen LogP contribution is -2.26. The average molecular weight is 330 g/mol. The number of hydrogen-bond donors (Lipinski definition) is 1. The Morgan fingerprint density at radius 3 is 2.81 bits per heavy atom. The van der Waals surface area contributed by atoms with Crippen LogP contribution in [-0.4, -0.2) is 27.7 Å². The summed E-state index contributed by atoms with van der Waals surface area (Å²) in [6, 6.07) is 2.45. The van der Waals surface area contributed by atoms with E-state index in [1.807, 2.05) is 0 Å². The van der Waals surface area contributed by atoms with Crippen LogP contribution in [0.25, 0.3) is 0 Å². The van der Waals surface area contributed by atoms with Crippen molar-refractivity contribution in [2.75, 3.05) is 17.2 Å². The lowest BCUT2D eigenvalue weighted by Gasteiger charge is -2.18. The quantitative estimate of drug-likeness (QED) is 0.517. The van der Waals surface area contributed by atoms with E-state index in [2.05, 4.69) is 0 Å². The van der Waals surface area contributed by atoms with E-state index in [1.165, 1.54) is 17.9 Å². The van der Waals surface area contributed by atoms with E-state index in [-0.39, 0.29) is 39.1 Å². The van der Waals surface area contributed by atoms with Gasteiger partial charge in [0.2, 0.25) is 5.91 Å². The summed E-state index contributed by atoms with van der Waals surface area (Å²) in [5, 5.41) is 10.5. The predicted octanol–water partition coefficient (Wildman–Crippen LogP) is 2.22. The third-order valence-corrected chi connectivity index (χ3v) is 4.29. The van der Waals surface area contributed by atoms with Crippen LogP contribution in [0, 0.1) is 10.1 Å². The standard InChI is InChI=1S/C12H12ClN3O4S/c1-6(17)21-7-2-12(18)15(5-7)11-3-8(13)10(16(19)20)4-9(11)14/h3-4,7H,2,5,14H2,1H3. The number of hydrogen-bond acceptors (Lipinski definition) is 6. The maximum atomic E-state index is 12.0. The first-order chi connectivity index (χ1) is 9.79. The van der Waals surface area contributed by atoms with E-state index < -0.39 is 4.92 Å². The molecule has 1 aliphatic heterocycles. The Labute approximate surface area is 129 Å². The largest absolute Gasteiger partial charge is 0.397 e. The normalized spacial score (nSPS) is 18.1. The van der Waals surface area contributed by atoms with Crippen molar-refractivity contribution < 1.29 is 14.5 Å². The number of nitrogens with zero attached hydrogens (tertiary/aromatic N) is 2. The molecule has 0 aliphatic carbocycles. The molecule has 0 radical (unpaired) electrons. The summed E-state index contributed by atoms with van der Waals surface area (Å²) >= 11 is 6.95. The van der Waals surface area contributed by atoms with Gasteiger partial charge >= 0.3 is 0 Å². The molecule has 0 saturated carbocycles. The molecule has 9 heteroatoms. The third-order valence-electron chi connectivity index (χ3n) is 3.01. The molecule has 1 fully saturated rings. The van der Waals surface area contributed by atoms with Gasteiger partial charge in [-0.3, -0.25) is 19.7 Å². The number of nitro benzene ring substituents is 1. The predicted molar refractivity (Wildman–Crippen MR) is 81.5 cm³/mol. The fraction of sp³-hybridized carbons (Fsp3) is 0.333. The summed E-state index contributed by atoms with van der Waals surface area (Å²) in [5.41, 5.74) is 5.92. The molecule has 112 valence electrons. The Bertz CT molecular complexity index is 637. The molecule has 1 unspecified atom stereocenters. The molecule has 1 saturated heterocycles. The van der Waals surface area contributed by atoms with Gasteiger partial charge in [0, 0.05) is 31.2 Å². The van der Waals surface area contributed by atoms with E-state index in [0.717, 1.165) is 17.8 Å². The number of amides is 1. The topological polar surface area (TPSA) is 107 Å². The van der Waals surface area contributed by atoms with Crippen molar-refractivity contribution in [3.05, 3.63) is 27.3 Å². The van der Waals surface area contributed by atoms with Gasteiger partial charge in [-0.25, -0.2) is 0 Å². The fourth-order valence-corrected chi connectivity index (χ4v) is 3.31. The molecule has 1 aromatic rings. The van der Waals surface area contributed by atoms with Crippen molar-refractivity contribution in [2.45, 2.75) is 18.6 Å². The molecular weight excluding hydrogens is 318 g/mol. The number of anilines is 2. The molecule has 1 aliphatic rings. The minimum Gasteiger partial charge on any atom is -0.397 e. The van der Waals surface area contributed by atoms with Crippen LogP contribution in [0.2, 0.25) is 5.02 Å². The number of nitrogen functional groups attached to an aromatic ring is 1. The van der Waals surface area contributed by atoms with Crippen LogP contribution in [-0.2, 0) is 9.59 Å². The van der Waals surface area contributed by atoms with Gasteiger partial charge in [0.15, 0.2) is 5.12 Å². The minimum absolute atomic E-state index is 0.0654. The first-order valence-corrected chi connectivity index (χ1v) is 7.26. The Morgan fingerprint density at radius 2 is 2.24 bits per heavy atom. The van der Waals surface area contributed by atoms with Crippen LogP contribution in [0.4, 0.5) is 17.1 Å². The lowest BCUT2D eigenvalue weighted by molar-refractivity contribution is -0.384. The van der Waals surface area contributed by atoms with Crippen LogP contribution in [0.1, 0.15) is 13.3 Å². The van der Waals surface area contributed by atoms with Crippen molar-refractivity contribution in [1.82, 2.24) is 0 Å². The van der Waals surface area contributed by atoms with Crippen molar-refractivity contribution in [3.8, 4) is 0 Å². The first-order valence-electron chi connectivity index (χ1n) is 6.00. The van der Waals surface area contributed by atoms with Crippen molar-refractivity contribution >= 4 is 51.4 Å². The van der Waals surface area contributed by atoms with Crippen molar-refractivity contribution in [1.29, 1.82) is 0 Å². The summed E-state index contributed by atoms with van der Waals surface area (Å²) in [6.07, 6.45) is 0.221. The fourth-order valence-electron chi connectivity index (χ4n) is 2.16. The maximum absolute atomic E-state index is 12.0. The molecule has 0 bridgehead atoms. The van der Waals surface area contributed by atoms with Gasteiger partial charge in [-0.1, -0.05) is 23.4 Å². The highest BCUT2D eigenvalue weighted by Gasteiger charge is 2.33. The van der Waals surface area contributed by atoms with Crippen LogP contribution in [0.15, 0.2) is 12.1 Å². The first kappa shape index (κ1) is 15.6. The summed E-state index contributed by atoms with van der Waals surface area (Å²) < 4.78 is 0. The zero-order valence-corrected chi connectivity index (χ0v) is 12.6.